The number of urea groups is 1. The van der Waals surface area contributed by atoms with Crippen LogP contribution in [-0.4, -0.2) is 58.8 Å². The molecule has 29 heavy (non-hydrogen) atoms. The molecule has 2 aromatic rings. The minimum absolute atomic E-state index is 0.119. The van der Waals surface area contributed by atoms with Crippen LogP contribution in [-0.2, 0) is 21.5 Å². The van der Waals surface area contributed by atoms with Crippen molar-refractivity contribution in [3.05, 3.63) is 54.5 Å². The van der Waals surface area contributed by atoms with E-state index in [1.54, 1.807) is 0 Å². The van der Waals surface area contributed by atoms with Gasteiger partial charge in [-0.25, -0.2) is 9.78 Å². The number of sulfonamides is 1. The number of amidine groups is 1. The number of piperidine rings is 1. The van der Waals surface area contributed by atoms with Crippen LogP contribution in [0.1, 0.15) is 18.4 Å². The van der Waals surface area contributed by atoms with Crippen molar-refractivity contribution in [1.82, 2.24) is 24.7 Å². The summed E-state index contributed by atoms with van der Waals surface area (Å²) in [7, 11) is -4.04. The van der Waals surface area contributed by atoms with Gasteiger partial charge in [-0.15, -0.1) is 0 Å². The molecule has 4 rings (SSSR count). The van der Waals surface area contributed by atoms with E-state index < -0.39 is 16.1 Å². The summed E-state index contributed by atoms with van der Waals surface area (Å²) in [5.74, 6) is -0.271. The zero-order chi connectivity index (χ0) is 20.4. The van der Waals surface area contributed by atoms with Gasteiger partial charge in [-0.3, -0.25) is 20.0 Å². The first-order valence-corrected chi connectivity index (χ1v) is 10.6. The van der Waals surface area contributed by atoms with Crippen molar-refractivity contribution in [1.29, 1.82) is 5.41 Å². The average molecular weight is 416 g/mol. The third-order valence-electron chi connectivity index (χ3n) is 4.93. The second kappa shape index (κ2) is 7.76. The smallest absolute Gasteiger partial charge is 0.311 e. The van der Waals surface area contributed by atoms with Gasteiger partial charge >= 0.3 is 6.03 Å². The van der Waals surface area contributed by atoms with Crippen molar-refractivity contribution < 1.29 is 18.0 Å². The van der Waals surface area contributed by atoms with E-state index in [1.807, 2.05) is 30.3 Å². The summed E-state index contributed by atoms with van der Waals surface area (Å²) < 4.78 is 27.0. The van der Waals surface area contributed by atoms with Crippen molar-refractivity contribution >= 4 is 21.9 Å². The molecule has 0 radical (unpaired) electrons. The quantitative estimate of drug-likeness (QED) is 0.537. The lowest BCUT2D eigenvalue weighted by atomic mass is 10.0. The van der Waals surface area contributed by atoms with Gasteiger partial charge in [0.1, 0.15) is 12.4 Å². The van der Waals surface area contributed by atoms with Crippen LogP contribution >= 0.6 is 0 Å². The number of hydroxylamine groups is 2. The molecular formula is C18H20N6O4S. The van der Waals surface area contributed by atoms with E-state index in [9.17, 15) is 13.2 Å². The maximum Gasteiger partial charge on any atom is 0.344 e. The molecule has 11 heteroatoms. The van der Waals surface area contributed by atoms with Gasteiger partial charge in [0.15, 0.2) is 5.03 Å². The number of hydrogen-bond acceptors (Lipinski definition) is 7. The molecular weight excluding hydrogens is 396 g/mol. The third kappa shape index (κ3) is 3.91. The van der Waals surface area contributed by atoms with Crippen LogP contribution in [0.4, 0.5) is 4.79 Å². The molecule has 2 atom stereocenters. The Labute approximate surface area is 168 Å². The monoisotopic (exact) mass is 416 g/mol. The average Bonchev–Trinajstić information content (AvgIpc) is 2.97. The normalized spacial score (nSPS) is 21.3. The first kappa shape index (κ1) is 19.3. The maximum atomic E-state index is 12.8. The fourth-order valence-electron chi connectivity index (χ4n) is 3.51. The van der Waals surface area contributed by atoms with E-state index >= 15 is 0 Å². The number of fused-ring (bicyclic) bond motifs is 2. The number of carbonyl (C=O) groups is 1. The van der Waals surface area contributed by atoms with Gasteiger partial charge in [0.25, 0.3) is 10.0 Å². The molecule has 0 unspecified atom stereocenters. The minimum atomic E-state index is -4.04. The van der Waals surface area contributed by atoms with E-state index in [4.69, 9.17) is 10.2 Å². The predicted octanol–water partition coefficient (Wildman–Crippen LogP) is 1.13. The Hall–Kier alpha value is -3.05. The number of nitrogens with zero attached hydrogens (tertiary/aromatic N) is 4. The molecule has 1 aromatic carbocycles. The van der Waals surface area contributed by atoms with Crippen molar-refractivity contribution in [2.75, 3.05) is 6.54 Å². The number of benzene rings is 1. The summed E-state index contributed by atoms with van der Waals surface area (Å²) in [6, 6.07) is 8.36. The molecule has 2 N–H and O–H groups in total. The Morgan fingerprint density at radius 2 is 2.03 bits per heavy atom. The predicted molar refractivity (Wildman–Crippen MR) is 102 cm³/mol. The number of rotatable bonds is 6. The van der Waals surface area contributed by atoms with E-state index in [0.717, 1.165) is 11.8 Å². The van der Waals surface area contributed by atoms with Crippen LogP contribution in [0.25, 0.3) is 0 Å². The largest absolute Gasteiger partial charge is 0.344 e. The first-order chi connectivity index (χ1) is 14.0. The van der Waals surface area contributed by atoms with Crippen LogP contribution in [0.2, 0.25) is 0 Å². The molecule has 10 nitrogen and oxygen atoms in total. The maximum absolute atomic E-state index is 12.8. The lowest BCUT2D eigenvalue weighted by Gasteiger charge is -2.30. The van der Waals surface area contributed by atoms with Crippen LogP contribution in [0.3, 0.4) is 0 Å². The van der Waals surface area contributed by atoms with Gasteiger partial charge in [0.05, 0.1) is 18.3 Å². The highest BCUT2D eigenvalue weighted by molar-refractivity contribution is 7.90. The van der Waals surface area contributed by atoms with E-state index in [1.165, 1.54) is 22.4 Å². The molecule has 2 fully saturated rings. The summed E-state index contributed by atoms with van der Waals surface area (Å²) in [4.78, 5) is 27.5. The van der Waals surface area contributed by atoms with Gasteiger partial charge in [-0.1, -0.05) is 30.3 Å². The molecule has 0 saturated carbocycles. The van der Waals surface area contributed by atoms with E-state index in [-0.39, 0.29) is 29.5 Å². The highest BCUT2D eigenvalue weighted by Crippen LogP contribution is 2.30. The molecule has 2 aliphatic rings. The van der Waals surface area contributed by atoms with Crippen molar-refractivity contribution in [2.24, 2.45) is 0 Å². The summed E-state index contributed by atoms with van der Waals surface area (Å²) in [6.45, 7) is 0.645. The molecule has 2 saturated heterocycles. The number of hydrogen-bond donors (Lipinski definition) is 2. The minimum Gasteiger partial charge on any atom is -0.311 e. The summed E-state index contributed by atoms with van der Waals surface area (Å²) >= 11 is 0. The fourth-order valence-corrected chi connectivity index (χ4v) is 4.44. The first-order valence-electron chi connectivity index (χ1n) is 9.09. The number of aromatic nitrogens is 2. The zero-order valence-electron chi connectivity index (χ0n) is 15.4. The van der Waals surface area contributed by atoms with Crippen LogP contribution in [0, 0.1) is 5.41 Å². The standard InChI is InChI=1S/C18H20N6O4S/c19-17(22-29(26,27)16-10-20-8-9-21-16)15-7-6-14-11-23(15)18(25)24(14)28-12-13-4-2-1-3-5-13/h1-5,8-10,14-15H,6-7,11-12H2,(H2,19,22)/t14-,15+/m1/s1. The lowest BCUT2D eigenvalue weighted by molar-refractivity contribution is -0.140. The Morgan fingerprint density at radius 3 is 2.76 bits per heavy atom. The Kier molecular flexibility index (Phi) is 5.16. The summed E-state index contributed by atoms with van der Waals surface area (Å²) in [6.07, 6.45) is 4.79. The highest BCUT2D eigenvalue weighted by Gasteiger charge is 2.47. The Bertz CT molecular complexity index is 1000. The number of nitrogens with one attached hydrogen (secondary N) is 2. The molecule has 152 valence electrons. The molecule has 2 amide bonds. The SMILES string of the molecule is N=C(NS(=O)(=O)c1cnccn1)[C@@H]1CC[C@@H]2CN1C(=O)N2OCc1ccccc1. The topological polar surface area (TPSA) is 129 Å². The van der Waals surface area contributed by atoms with Gasteiger partial charge in [-0.05, 0) is 18.4 Å². The van der Waals surface area contributed by atoms with Gasteiger partial charge in [0, 0.05) is 18.9 Å². The van der Waals surface area contributed by atoms with Gasteiger partial charge in [-0.2, -0.15) is 13.5 Å². The third-order valence-corrected chi connectivity index (χ3v) is 6.18. The second-order valence-corrected chi connectivity index (χ2v) is 8.46. The lowest BCUT2D eigenvalue weighted by Crippen LogP contribution is -2.50. The highest BCUT2D eigenvalue weighted by atomic mass is 32.2. The van der Waals surface area contributed by atoms with Crippen molar-refractivity contribution in [2.45, 2.75) is 36.6 Å². The fraction of sp³-hybridized carbons (Fsp3) is 0.333. The van der Waals surface area contributed by atoms with Crippen LogP contribution < -0.4 is 4.72 Å². The number of amides is 2. The molecule has 0 spiro atoms. The number of carbonyl (C=O) groups excluding carboxylic acids is 1. The molecule has 2 aliphatic heterocycles. The molecule has 3 heterocycles. The van der Waals surface area contributed by atoms with Gasteiger partial charge in [0.2, 0.25) is 0 Å². The molecule has 1 aromatic heterocycles. The zero-order valence-corrected chi connectivity index (χ0v) is 16.2. The molecule has 0 aliphatic carbocycles. The van der Waals surface area contributed by atoms with Crippen LogP contribution in [0.5, 0.6) is 0 Å². The Morgan fingerprint density at radius 1 is 1.24 bits per heavy atom. The Balaban J connectivity index is 1.42. The summed E-state index contributed by atoms with van der Waals surface area (Å²) in [5.41, 5.74) is 0.942. The second-order valence-electron chi connectivity index (χ2n) is 6.83. The van der Waals surface area contributed by atoms with E-state index in [2.05, 4.69) is 14.7 Å². The van der Waals surface area contributed by atoms with Crippen molar-refractivity contribution in [3.63, 3.8) is 0 Å². The molecule has 2 bridgehead atoms. The van der Waals surface area contributed by atoms with E-state index in [0.29, 0.717) is 19.4 Å². The van der Waals surface area contributed by atoms with Crippen molar-refractivity contribution in [3.8, 4) is 0 Å². The summed E-state index contributed by atoms with van der Waals surface area (Å²) in [5, 5.41) is 9.31. The van der Waals surface area contributed by atoms with Crippen LogP contribution in [0.15, 0.2) is 53.9 Å². The van der Waals surface area contributed by atoms with Gasteiger partial charge < -0.3 is 4.90 Å².